The van der Waals surface area contributed by atoms with E-state index in [1.165, 1.54) is 12.1 Å². The van der Waals surface area contributed by atoms with Crippen molar-refractivity contribution in [3.8, 4) is 18.1 Å². The molecule has 1 aromatic rings. The number of aromatic carboxylic acids is 1. The van der Waals surface area contributed by atoms with E-state index in [1.807, 2.05) is 0 Å². The normalized spacial score (nSPS) is 12.0. The van der Waals surface area contributed by atoms with Crippen LogP contribution in [0.4, 0.5) is 0 Å². The van der Waals surface area contributed by atoms with Crippen LogP contribution >= 0.6 is 0 Å². The standard InChI is InChI=1S/C29H40N2O9/c1-2-21(27(34)35)12-9-10-18-30-26(33)20-24(29(38)39)31-25(32)13-8-6-4-3-5-7-11-19-40-23-16-14-22(15-17-23)28(36)37/h1,14-17,21,24H,3-13,18-20H2,(H,30,33)(H,31,32)(H,34,35)(H,36,37)(H,38,39)/t21-,24-/m0/s1. The summed E-state index contributed by atoms with van der Waals surface area (Å²) in [5, 5.41) is 32.1. The molecule has 0 bridgehead atoms. The number of carbonyl (C=O) groups excluding carboxylic acids is 2. The summed E-state index contributed by atoms with van der Waals surface area (Å²) in [5.41, 5.74) is 0.217. The maximum absolute atomic E-state index is 12.1. The van der Waals surface area contributed by atoms with E-state index in [0.717, 1.165) is 38.5 Å². The fourth-order valence-corrected chi connectivity index (χ4v) is 3.86. The molecule has 0 fully saturated rings. The number of amides is 2. The molecule has 11 heteroatoms. The number of carbonyl (C=O) groups is 5. The van der Waals surface area contributed by atoms with Gasteiger partial charge in [0.25, 0.3) is 0 Å². The van der Waals surface area contributed by atoms with Crippen LogP contribution in [0, 0.1) is 18.3 Å². The van der Waals surface area contributed by atoms with Gasteiger partial charge in [-0.15, -0.1) is 6.42 Å². The highest BCUT2D eigenvalue weighted by Crippen LogP contribution is 2.14. The van der Waals surface area contributed by atoms with Crippen LogP contribution in [0.5, 0.6) is 5.75 Å². The van der Waals surface area contributed by atoms with Crippen LogP contribution in [0.15, 0.2) is 24.3 Å². The third kappa shape index (κ3) is 15.4. The molecule has 0 aliphatic heterocycles. The number of benzene rings is 1. The highest BCUT2D eigenvalue weighted by atomic mass is 16.5. The van der Waals surface area contributed by atoms with E-state index in [1.54, 1.807) is 12.1 Å². The average molecular weight is 561 g/mol. The summed E-state index contributed by atoms with van der Waals surface area (Å²) >= 11 is 0. The summed E-state index contributed by atoms with van der Waals surface area (Å²) in [5.74, 6) is -2.29. The van der Waals surface area contributed by atoms with E-state index in [-0.39, 0.29) is 24.9 Å². The Morgan fingerprint density at radius 1 is 0.800 bits per heavy atom. The Labute approximate surface area is 234 Å². The average Bonchev–Trinajstić information content (AvgIpc) is 2.91. The predicted octanol–water partition coefficient (Wildman–Crippen LogP) is 3.46. The molecule has 0 saturated carbocycles. The molecule has 0 aliphatic carbocycles. The smallest absolute Gasteiger partial charge is 0.335 e. The van der Waals surface area contributed by atoms with Crippen molar-refractivity contribution in [2.45, 2.75) is 83.1 Å². The van der Waals surface area contributed by atoms with Crippen molar-refractivity contribution in [1.82, 2.24) is 10.6 Å². The lowest BCUT2D eigenvalue weighted by Gasteiger charge is -2.14. The van der Waals surface area contributed by atoms with Gasteiger partial charge in [-0.2, -0.15) is 0 Å². The molecule has 0 aliphatic rings. The summed E-state index contributed by atoms with van der Waals surface area (Å²) in [6.45, 7) is 0.806. The highest BCUT2D eigenvalue weighted by molar-refractivity contribution is 5.88. The van der Waals surface area contributed by atoms with Gasteiger partial charge < -0.3 is 30.7 Å². The van der Waals surface area contributed by atoms with E-state index in [9.17, 15) is 29.1 Å². The fourth-order valence-electron chi connectivity index (χ4n) is 3.86. The van der Waals surface area contributed by atoms with Crippen molar-refractivity contribution < 1.29 is 44.0 Å². The van der Waals surface area contributed by atoms with Gasteiger partial charge in [-0.25, -0.2) is 9.59 Å². The largest absolute Gasteiger partial charge is 0.494 e. The molecule has 0 unspecified atom stereocenters. The van der Waals surface area contributed by atoms with Gasteiger partial charge in [0, 0.05) is 13.0 Å². The Hall–Kier alpha value is -4.07. The third-order valence-electron chi connectivity index (χ3n) is 6.18. The zero-order valence-electron chi connectivity index (χ0n) is 22.7. The number of hydrogen-bond donors (Lipinski definition) is 5. The molecular weight excluding hydrogens is 520 g/mol. The van der Waals surface area contributed by atoms with E-state index >= 15 is 0 Å². The van der Waals surface area contributed by atoms with Gasteiger partial charge >= 0.3 is 17.9 Å². The molecule has 0 spiro atoms. The Bertz CT molecular complexity index is 1000. The fraction of sp³-hybridized carbons (Fsp3) is 0.552. The molecule has 1 aromatic carbocycles. The number of ether oxygens (including phenoxy) is 1. The Balaban J connectivity index is 2.09. The maximum atomic E-state index is 12.1. The van der Waals surface area contributed by atoms with Crippen molar-refractivity contribution in [2.24, 2.45) is 5.92 Å². The van der Waals surface area contributed by atoms with Crippen molar-refractivity contribution in [2.75, 3.05) is 13.2 Å². The van der Waals surface area contributed by atoms with Crippen LogP contribution in [0.3, 0.4) is 0 Å². The van der Waals surface area contributed by atoms with Gasteiger partial charge in [0.2, 0.25) is 11.8 Å². The zero-order valence-corrected chi connectivity index (χ0v) is 22.7. The van der Waals surface area contributed by atoms with Gasteiger partial charge in [-0.3, -0.25) is 14.4 Å². The van der Waals surface area contributed by atoms with Gasteiger partial charge in [0.05, 0.1) is 18.6 Å². The minimum Gasteiger partial charge on any atom is -0.494 e. The minimum atomic E-state index is -1.32. The van der Waals surface area contributed by atoms with E-state index in [4.69, 9.17) is 21.4 Å². The summed E-state index contributed by atoms with van der Waals surface area (Å²) < 4.78 is 5.60. The molecule has 11 nitrogen and oxygen atoms in total. The lowest BCUT2D eigenvalue weighted by molar-refractivity contribution is -0.143. The number of carboxylic acid groups (broad SMARTS) is 3. The number of hydrogen-bond acceptors (Lipinski definition) is 6. The number of unbranched alkanes of at least 4 members (excludes halogenated alkanes) is 7. The number of terminal acetylenes is 1. The summed E-state index contributed by atoms with van der Waals surface area (Å²) in [6.07, 6.45) is 12.5. The Morgan fingerprint density at radius 3 is 2.00 bits per heavy atom. The molecule has 2 amide bonds. The lowest BCUT2D eigenvalue weighted by atomic mass is 10.0. The number of nitrogens with one attached hydrogen (secondary N) is 2. The van der Waals surface area contributed by atoms with Gasteiger partial charge in [0.1, 0.15) is 17.7 Å². The first-order valence-corrected chi connectivity index (χ1v) is 13.6. The number of carboxylic acids is 3. The molecule has 220 valence electrons. The van der Waals surface area contributed by atoms with Crippen LogP contribution in [0.1, 0.15) is 87.4 Å². The topological polar surface area (TPSA) is 179 Å². The second-order valence-electron chi connectivity index (χ2n) is 9.47. The first-order valence-electron chi connectivity index (χ1n) is 13.6. The third-order valence-corrected chi connectivity index (χ3v) is 6.18. The van der Waals surface area contributed by atoms with Crippen molar-refractivity contribution in [1.29, 1.82) is 0 Å². The first-order chi connectivity index (χ1) is 19.1. The molecule has 5 N–H and O–H groups in total. The van der Waals surface area contributed by atoms with Crippen molar-refractivity contribution >= 4 is 29.7 Å². The van der Waals surface area contributed by atoms with E-state index in [0.29, 0.717) is 38.0 Å². The monoisotopic (exact) mass is 560 g/mol. The lowest BCUT2D eigenvalue weighted by Crippen LogP contribution is -2.44. The molecule has 0 heterocycles. The number of rotatable bonds is 22. The highest BCUT2D eigenvalue weighted by Gasteiger charge is 2.23. The van der Waals surface area contributed by atoms with Gasteiger partial charge in [0.15, 0.2) is 0 Å². The zero-order chi connectivity index (χ0) is 29.8. The predicted molar refractivity (Wildman–Crippen MR) is 147 cm³/mol. The molecule has 0 radical (unpaired) electrons. The SMILES string of the molecule is C#C[C@@H](CCCCNC(=O)C[C@H](NC(=O)CCCCCCCCCOc1ccc(C(=O)O)cc1)C(=O)O)C(=O)O. The van der Waals surface area contributed by atoms with E-state index in [2.05, 4.69) is 16.6 Å². The Morgan fingerprint density at radius 2 is 1.43 bits per heavy atom. The molecule has 2 atom stereocenters. The summed E-state index contributed by atoms with van der Waals surface area (Å²) in [4.78, 5) is 57.4. The van der Waals surface area contributed by atoms with Crippen LogP contribution in [-0.2, 0) is 19.2 Å². The van der Waals surface area contributed by atoms with Crippen LogP contribution in [0.25, 0.3) is 0 Å². The van der Waals surface area contributed by atoms with Crippen LogP contribution < -0.4 is 15.4 Å². The van der Waals surface area contributed by atoms with Crippen molar-refractivity contribution in [3.63, 3.8) is 0 Å². The van der Waals surface area contributed by atoms with Gasteiger partial charge in [-0.1, -0.05) is 38.0 Å². The second kappa shape index (κ2) is 19.9. The maximum Gasteiger partial charge on any atom is 0.335 e. The molecule has 0 aromatic heterocycles. The number of aliphatic carboxylic acids is 2. The van der Waals surface area contributed by atoms with E-state index < -0.39 is 41.7 Å². The minimum absolute atomic E-state index is 0.180. The molecule has 0 saturated heterocycles. The summed E-state index contributed by atoms with van der Waals surface area (Å²) in [7, 11) is 0. The quantitative estimate of drug-likeness (QED) is 0.105. The molecular formula is C29H40N2O9. The molecule has 1 rings (SSSR count). The first kappa shape index (κ1) is 34.0. The van der Waals surface area contributed by atoms with Crippen LogP contribution in [0.2, 0.25) is 0 Å². The molecule has 40 heavy (non-hydrogen) atoms. The van der Waals surface area contributed by atoms with Gasteiger partial charge in [-0.05, 0) is 56.4 Å². The van der Waals surface area contributed by atoms with Crippen LogP contribution in [-0.4, -0.2) is 64.2 Å². The Kier molecular flexibility index (Phi) is 16.9. The second-order valence-corrected chi connectivity index (χ2v) is 9.47. The summed E-state index contributed by atoms with van der Waals surface area (Å²) in [6, 6.07) is 4.97. The van der Waals surface area contributed by atoms with Crippen molar-refractivity contribution in [3.05, 3.63) is 29.8 Å².